The Balaban J connectivity index is 1.24. The normalized spacial score (nSPS) is 18.1. The fourth-order valence-corrected chi connectivity index (χ4v) is 3.68. The van der Waals surface area contributed by atoms with Gasteiger partial charge in [-0.25, -0.2) is 9.97 Å². The van der Waals surface area contributed by atoms with E-state index < -0.39 is 5.97 Å². The van der Waals surface area contributed by atoms with E-state index >= 15 is 0 Å². The first-order chi connectivity index (χ1) is 13.6. The van der Waals surface area contributed by atoms with Crippen molar-refractivity contribution in [2.24, 2.45) is 0 Å². The highest BCUT2D eigenvalue weighted by Crippen LogP contribution is 2.41. The number of hydrogen-bond donors (Lipinski definition) is 2. The van der Waals surface area contributed by atoms with Gasteiger partial charge in [-0.1, -0.05) is 18.2 Å². The first-order valence-corrected chi connectivity index (χ1v) is 9.39. The minimum Gasteiger partial charge on any atom is -0.481 e. The van der Waals surface area contributed by atoms with Crippen molar-refractivity contribution in [3.05, 3.63) is 53.2 Å². The third-order valence-corrected chi connectivity index (χ3v) is 5.21. The number of nitrogens with one attached hydrogen (secondary N) is 1. The maximum atomic E-state index is 10.7. The standard InChI is InChI=1S/C20H19N5O3/c26-18(27)8-17-24-25-19(28-17)15-9-21-20(22-10-15)23-16-6-13-4-3-12(11-1-2-11)5-14(13)7-16/h3-5,9-11,16H,1-2,6-8H2,(H,26,27)(H,21,22,23). The molecule has 28 heavy (non-hydrogen) atoms. The van der Waals surface area contributed by atoms with E-state index in [-0.39, 0.29) is 24.2 Å². The van der Waals surface area contributed by atoms with Crippen LogP contribution in [0.4, 0.5) is 5.95 Å². The topological polar surface area (TPSA) is 114 Å². The molecule has 0 spiro atoms. The summed E-state index contributed by atoms with van der Waals surface area (Å²) in [6.07, 6.45) is 7.47. The van der Waals surface area contributed by atoms with E-state index in [1.165, 1.54) is 29.5 Å². The predicted molar refractivity (Wildman–Crippen MR) is 99.9 cm³/mol. The molecule has 1 fully saturated rings. The second-order valence-electron chi connectivity index (χ2n) is 7.42. The maximum absolute atomic E-state index is 10.7. The Hall–Kier alpha value is -3.29. The number of carboxylic acid groups (broad SMARTS) is 1. The second kappa shape index (κ2) is 6.70. The van der Waals surface area contributed by atoms with Crippen molar-refractivity contribution in [2.75, 3.05) is 5.32 Å². The fourth-order valence-electron chi connectivity index (χ4n) is 3.68. The summed E-state index contributed by atoms with van der Waals surface area (Å²) in [5, 5.41) is 19.7. The molecule has 0 radical (unpaired) electrons. The van der Waals surface area contributed by atoms with Gasteiger partial charge in [-0.05, 0) is 48.3 Å². The lowest BCUT2D eigenvalue weighted by atomic mass is 10.0. The van der Waals surface area contributed by atoms with Crippen molar-refractivity contribution in [1.82, 2.24) is 20.2 Å². The van der Waals surface area contributed by atoms with Crippen LogP contribution < -0.4 is 5.32 Å². The molecule has 8 nitrogen and oxygen atoms in total. The molecular weight excluding hydrogens is 358 g/mol. The van der Waals surface area contributed by atoms with E-state index in [0.29, 0.717) is 11.5 Å². The molecule has 2 aliphatic carbocycles. The van der Waals surface area contributed by atoms with Gasteiger partial charge in [-0.2, -0.15) is 0 Å². The predicted octanol–water partition coefficient (Wildman–Crippen LogP) is 2.61. The van der Waals surface area contributed by atoms with E-state index in [2.05, 4.69) is 43.7 Å². The number of carbonyl (C=O) groups is 1. The number of nitrogens with zero attached hydrogens (tertiary/aromatic N) is 4. The first kappa shape index (κ1) is 16.9. The van der Waals surface area contributed by atoms with Gasteiger partial charge in [0, 0.05) is 18.4 Å². The summed E-state index contributed by atoms with van der Waals surface area (Å²) >= 11 is 0. The Bertz CT molecular complexity index is 1030. The van der Waals surface area contributed by atoms with Crippen molar-refractivity contribution in [1.29, 1.82) is 0 Å². The zero-order valence-electron chi connectivity index (χ0n) is 15.1. The van der Waals surface area contributed by atoms with Crippen LogP contribution in [0.3, 0.4) is 0 Å². The van der Waals surface area contributed by atoms with E-state index in [9.17, 15) is 4.79 Å². The second-order valence-corrected chi connectivity index (χ2v) is 7.42. The van der Waals surface area contributed by atoms with E-state index in [0.717, 1.165) is 18.8 Å². The molecular formula is C20H19N5O3. The molecule has 2 aliphatic rings. The highest BCUT2D eigenvalue weighted by atomic mass is 16.4. The average molecular weight is 377 g/mol. The molecule has 0 amide bonds. The highest BCUT2D eigenvalue weighted by molar-refractivity contribution is 5.68. The monoisotopic (exact) mass is 377 g/mol. The lowest BCUT2D eigenvalue weighted by molar-refractivity contribution is -0.136. The van der Waals surface area contributed by atoms with Crippen molar-refractivity contribution in [3.8, 4) is 11.5 Å². The summed E-state index contributed by atoms with van der Waals surface area (Å²) in [6.45, 7) is 0. The summed E-state index contributed by atoms with van der Waals surface area (Å²) in [4.78, 5) is 19.4. The van der Waals surface area contributed by atoms with Crippen molar-refractivity contribution < 1.29 is 14.3 Å². The van der Waals surface area contributed by atoms with Crippen molar-refractivity contribution >= 4 is 11.9 Å². The quantitative estimate of drug-likeness (QED) is 0.674. The molecule has 1 atom stereocenters. The minimum absolute atomic E-state index is 0.0546. The van der Waals surface area contributed by atoms with E-state index in [1.807, 2.05) is 0 Å². The van der Waals surface area contributed by atoms with Crippen LogP contribution in [-0.4, -0.2) is 37.3 Å². The Morgan fingerprint density at radius 3 is 2.68 bits per heavy atom. The molecule has 0 saturated heterocycles. The van der Waals surface area contributed by atoms with Crippen LogP contribution in [0.15, 0.2) is 35.0 Å². The van der Waals surface area contributed by atoms with Crippen LogP contribution in [0.5, 0.6) is 0 Å². The number of aliphatic carboxylic acids is 1. The number of carboxylic acids is 1. The third kappa shape index (κ3) is 3.45. The lowest BCUT2D eigenvalue weighted by Crippen LogP contribution is -2.20. The van der Waals surface area contributed by atoms with Gasteiger partial charge < -0.3 is 14.8 Å². The van der Waals surface area contributed by atoms with Crippen LogP contribution in [0.2, 0.25) is 0 Å². The number of aromatic nitrogens is 4. The molecule has 1 unspecified atom stereocenters. The van der Waals surface area contributed by atoms with Gasteiger partial charge >= 0.3 is 5.97 Å². The Labute approximate surface area is 161 Å². The van der Waals surface area contributed by atoms with Gasteiger partial charge in [0.1, 0.15) is 6.42 Å². The summed E-state index contributed by atoms with van der Waals surface area (Å²) in [6, 6.07) is 7.18. The number of hydrogen-bond acceptors (Lipinski definition) is 7. The SMILES string of the molecule is O=C(O)Cc1nnc(-c2cnc(NC3Cc4ccc(C5CC5)cc4C3)nc2)o1. The minimum atomic E-state index is -1.02. The summed E-state index contributed by atoms with van der Waals surface area (Å²) in [5.41, 5.74) is 4.85. The van der Waals surface area contributed by atoms with Crippen molar-refractivity contribution in [3.63, 3.8) is 0 Å². The van der Waals surface area contributed by atoms with Crippen LogP contribution in [0, 0.1) is 0 Å². The lowest BCUT2D eigenvalue weighted by Gasteiger charge is -2.11. The molecule has 1 aromatic carbocycles. The molecule has 3 aromatic rings. The Kier molecular flexibility index (Phi) is 4.03. The smallest absolute Gasteiger partial charge is 0.312 e. The summed E-state index contributed by atoms with van der Waals surface area (Å²) in [7, 11) is 0. The summed E-state index contributed by atoms with van der Waals surface area (Å²) < 4.78 is 5.33. The van der Waals surface area contributed by atoms with Gasteiger partial charge in [0.2, 0.25) is 11.8 Å². The van der Waals surface area contributed by atoms with Gasteiger partial charge in [-0.15, -0.1) is 10.2 Å². The van der Waals surface area contributed by atoms with Crippen LogP contribution >= 0.6 is 0 Å². The van der Waals surface area contributed by atoms with Crippen LogP contribution in [-0.2, 0) is 24.1 Å². The Morgan fingerprint density at radius 2 is 1.93 bits per heavy atom. The third-order valence-electron chi connectivity index (χ3n) is 5.21. The fraction of sp³-hybridized carbons (Fsp3) is 0.350. The largest absolute Gasteiger partial charge is 0.481 e. The molecule has 2 heterocycles. The molecule has 2 aromatic heterocycles. The molecule has 1 saturated carbocycles. The van der Waals surface area contributed by atoms with Crippen molar-refractivity contribution in [2.45, 2.75) is 44.1 Å². The maximum Gasteiger partial charge on any atom is 0.312 e. The number of anilines is 1. The van der Waals surface area contributed by atoms with Crippen LogP contribution in [0.1, 0.15) is 41.3 Å². The molecule has 8 heteroatoms. The number of fused-ring (bicyclic) bond motifs is 1. The molecule has 2 N–H and O–H groups in total. The van der Waals surface area contributed by atoms with Gasteiger partial charge in [0.25, 0.3) is 5.89 Å². The molecule has 5 rings (SSSR count). The van der Waals surface area contributed by atoms with Gasteiger partial charge in [0.15, 0.2) is 0 Å². The zero-order valence-corrected chi connectivity index (χ0v) is 15.1. The zero-order chi connectivity index (χ0) is 19.1. The Morgan fingerprint density at radius 1 is 1.14 bits per heavy atom. The summed E-state index contributed by atoms with van der Waals surface area (Å²) in [5.74, 6) is 0.568. The first-order valence-electron chi connectivity index (χ1n) is 9.39. The van der Waals surface area contributed by atoms with E-state index in [1.54, 1.807) is 12.4 Å². The van der Waals surface area contributed by atoms with Gasteiger partial charge in [-0.3, -0.25) is 4.79 Å². The molecule has 0 bridgehead atoms. The average Bonchev–Trinajstić information content (AvgIpc) is 3.30. The number of benzene rings is 1. The van der Waals surface area contributed by atoms with Crippen LogP contribution in [0.25, 0.3) is 11.5 Å². The molecule has 0 aliphatic heterocycles. The number of rotatable bonds is 6. The highest BCUT2D eigenvalue weighted by Gasteiger charge is 2.27. The molecule has 142 valence electrons. The van der Waals surface area contributed by atoms with E-state index in [4.69, 9.17) is 9.52 Å². The van der Waals surface area contributed by atoms with Gasteiger partial charge in [0.05, 0.1) is 5.56 Å².